The molecule has 0 aliphatic carbocycles. The normalized spacial score (nSPS) is 18.6. The minimum absolute atomic E-state index is 0.493. The first-order chi connectivity index (χ1) is 12.2. The lowest BCUT2D eigenvalue weighted by molar-refractivity contribution is 0.193. The number of H-pyrrole nitrogens is 1. The van der Waals surface area contributed by atoms with E-state index in [-0.39, 0.29) is 0 Å². The summed E-state index contributed by atoms with van der Waals surface area (Å²) in [5, 5.41) is 7.63. The first kappa shape index (κ1) is 16.1. The summed E-state index contributed by atoms with van der Waals surface area (Å²) in [5.74, 6) is 1.62. The molecule has 0 unspecified atom stereocenters. The summed E-state index contributed by atoms with van der Waals surface area (Å²) in [4.78, 5) is 6.98. The zero-order chi connectivity index (χ0) is 17.2. The molecule has 5 nitrogen and oxygen atoms in total. The van der Waals surface area contributed by atoms with Gasteiger partial charge in [-0.1, -0.05) is 29.8 Å². The molecule has 0 bridgehead atoms. The van der Waals surface area contributed by atoms with Gasteiger partial charge in [-0.25, -0.2) is 4.98 Å². The second-order valence-electron chi connectivity index (χ2n) is 7.09. The highest BCUT2D eigenvalue weighted by Crippen LogP contribution is 2.33. The highest BCUT2D eigenvalue weighted by atomic mass is 15.2. The summed E-state index contributed by atoms with van der Waals surface area (Å²) in [6, 6.07) is 8.72. The summed E-state index contributed by atoms with van der Waals surface area (Å²) in [7, 11) is 2.06. The van der Waals surface area contributed by atoms with Crippen LogP contribution in [0.2, 0.25) is 0 Å². The van der Waals surface area contributed by atoms with Crippen molar-refractivity contribution in [2.24, 2.45) is 7.05 Å². The van der Waals surface area contributed by atoms with E-state index < -0.39 is 0 Å². The summed E-state index contributed by atoms with van der Waals surface area (Å²) >= 11 is 0. The number of rotatable bonds is 4. The predicted molar refractivity (Wildman–Crippen MR) is 99.2 cm³/mol. The van der Waals surface area contributed by atoms with E-state index >= 15 is 0 Å². The van der Waals surface area contributed by atoms with E-state index in [2.05, 4.69) is 62.9 Å². The molecule has 130 valence electrons. The van der Waals surface area contributed by atoms with Crippen molar-refractivity contribution >= 4 is 0 Å². The maximum absolute atomic E-state index is 4.47. The van der Waals surface area contributed by atoms with Crippen molar-refractivity contribution in [3.8, 4) is 11.1 Å². The van der Waals surface area contributed by atoms with Crippen LogP contribution >= 0.6 is 0 Å². The number of benzene rings is 1. The average Bonchev–Trinajstić information content (AvgIpc) is 3.26. The van der Waals surface area contributed by atoms with Crippen molar-refractivity contribution in [1.29, 1.82) is 0 Å². The average molecular weight is 335 g/mol. The molecule has 4 rings (SSSR count). The molecule has 0 radical (unpaired) electrons. The Bertz CT molecular complexity index is 830. The van der Waals surface area contributed by atoms with Crippen molar-refractivity contribution < 1.29 is 0 Å². The first-order valence-electron chi connectivity index (χ1n) is 8.99. The van der Waals surface area contributed by atoms with Gasteiger partial charge in [-0.15, -0.1) is 0 Å². The Hall–Kier alpha value is -2.40. The topological polar surface area (TPSA) is 49.7 Å². The Morgan fingerprint density at radius 2 is 2.08 bits per heavy atom. The molecule has 1 saturated heterocycles. The van der Waals surface area contributed by atoms with Gasteiger partial charge in [0.05, 0.1) is 12.7 Å². The van der Waals surface area contributed by atoms with Crippen molar-refractivity contribution in [3.05, 3.63) is 59.9 Å². The zero-order valence-electron chi connectivity index (χ0n) is 14.9. The number of hydrogen-bond acceptors (Lipinski definition) is 3. The largest absolute Gasteiger partial charge is 0.337 e. The molecular weight excluding hydrogens is 310 g/mol. The molecule has 1 atom stereocenters. The van der Waals surface area contributed by atoms with E-state index in [1.165, 1.54) is 35.2 Å². The van der Waals surface area contributed by atoms with Crippen LogP contribution in [0.5, 0.6) is 0 Å². The van der Waals surface area contributed by atoms with Crippen LogP contribution in [0.3, 0.4) is 0 Å². The fourth-order valence-corrected chi connectivity index (χ4v) is 3.75. The molecule has 3 aromatic rings. The second-order valence-corrected chi connectivity index (χ2v) is 7.09. The van der Waals surface area contributed by atoms with Crippen LogP contribution in [0, 0.1) is 6.92 Å². The first-order valence-corrected chi connectivity index (χ1v) is 8.99. The van der Waals surface area contributed by atoms with Gasteiger partial charge < -0.3 is 4.57 Å². The molecule has 0 spiro atoms. The van der Waals surface area contributed by atoms with E-state index in [0.29, 0.717) is 5.92 Å². The van der Waals surface area contributed by atoms with Gasteiger partial charge in [0.1, 0.15) is 5.82 Å². The zero-order valence-corrected chi connectivity index (χ0v) is 14.9. The Balaban J connectivity index is 1.53. The van der Waals surface area contributed by atoms with E-state index in [1.807, 2.05) is 18.6 Å². The third kappa shape index (κ3) is 3.37. The SMILES string of the molecule is Cc1ccc(-c2cn[nH]c2[C@H]2CCCN(Cc3nccn3C)C2)cc1. The van der Waals surface area contributed by atoms with Crippen molar-refractivity contribution in [2.75, 3.05) is 13.1 Å². The lowest BCUT2D eigenvalue weighted by Crippen LogP contribution is -2.34. The standard InChI is InChI=1S/C20H25N5/c1-15-5-7-16(8-6-15)18-12-22-23-20(18)17-4-3-10-25(13-17)14-19-21-9-11-24(19)2/h5-9,11-12,17H,3-4,10,13-14H2,1-2H3,(H,22,23)/t17-/m0/s1. The van der Waals surface area contributed by atoms with Crippen molar-refractivity contribution in [1.82, 2.24) is 24.6 Å². The van der Waals surface area contributed by atoms with Crippen LogP contribution in [0.15, 0.2) is 42.9 Å². The maximum atomic E-state index is 4.47. The molecule has 2 aromatic heterocycles. The maximum Gasteiger partial charge on any atom is 0.122 e. The second kappa shape index (κ2) is 6.84. The van der Waals surface area contributed by atoms with Gasteiger partial charge in [0.15, 0.2) is 0 Å². The Morgan fingerprint density at radius 1 is 1.24 bits per heavy atom. The molecule has 5 heteroatoms. The van der Waals surface area contributed by atoms with Crippen LogP contribution in [0.4, 0.5) is 0 Å². The fraction of sp³-hybridized carbons (Fsp3) is 0.400. The molecule has 1 aliphatic heterocycles. The molecule has 3 heterocycles. The smallest absolute Gasteiger partial charge is 0.122 e. The lowest BCUT2D eigenvalue weighted by Gasteiger charge is -2.32. The molecule has 0 amide bonds. The minimum Gasteiger partial charge on any atom is -0.337 e. The number of piperidine rings is 1. The summed E-state index contributed by atoms with van der Waals surface area (Å²) in [5.41, 5.74) is 5.04. The fourth-order valence-electron chi connectivity index (χ4n) is 3.75. The molecular formula is C20H25N5. The number of imidazole rings is 1. The summed E-state index contributed by atoms with van der Waals surface area (Å²) in [6.07, 6.45) is 8.28. The van der Waals surface area contributed by atoms with Gasteiger partial charge in [0, 0.05) is 43.2 Å². The van der Waals surface area contributed by atoms with E-state index in [9.17, 15) is 0 Å². The molecule has 1 N–H and O–H groups in total. The summed E-state index contributed by atoms with van der Waals surface area (Å²) < 4.78 is 2.11. The highest BCUT2D eigenvalue weighted by molar-refractivity contribution is 5.66. The van der Waals surface area contributed by atoms with Crippen LogP contribution in [-0.2, 0) is 13.6 Å². The lowest BCUT2D eigenvalue weighted by atomic mass is 9.90. The molecule has 1 aromatic carbocycles. The van der Waals surface area contributed by atoms with Gasteiger partial charge >= 0.3 is 0 Å². The third-order valence-electron chi connectivity index (χ3n) is 5.23. The molecule has 1 aliphatic rings. The Labute approximate surface area is 148 Å². The third-order valence-corrected chi connectivity index (χ3v) is 5.23. The van der Waals surface area contributed by atoms with Crippen LogP contribution in [0.25, 0.3) is 11.1 Å². The van der Waals surface area contributed by atoms with Crippen molar-refractivity contribution in [3.63, 3.8) is 0 Å². The Morgan fingerprint density at radius 3 is 2.84 bits per heavy atom. The monoisotopic (exact) mass is 335 g/mol. The van der Waals surface area contributed by atoms with Gasteiger partial charge in [0.2, 0.25) is 0 Å². The van der Waals surface area contributed by atoms with E-state index in [1.54, 1.807) is 0 Å². The number of nitrogens with zero attached hydrogens (tertiary/aromatic N) is 4. The van der Waals surface area contributed by atoms with Gasteiger partial charge in [0.25, 0.3) is 0 Å². The Kier molecular flexibility index (Phi) is 4.40. The number of aromatic nitrogens is 4. The number of hydrogen-bond donors (Lipinski definition) is 1. The predicted octanol–water partition coefficient (Wildman–Crippen LogP) is 3.50. The molecule has 1 fully saturated rings. The van der Waals surface area contributed by atoms with Gasteiger partial charge in [-0.2, -0.15) is 5.10 Å². The quantitative estimate of drug-likeness (QED) is 0.794. The van der Waals surface area contributed by atoms with Crippen LogP contribution in [-0.4, -0.2) is 37.7 Å². The van der Waals surface area contributed by atoms with E-state index in [4.69, 9.17) is 0 Å². The van der Waals surface area contributed by atoms with Crippen LogP contribution < -0.4 is 0 Å². The molecule has 0 saturated carbocycles. The number of likely N-dealkylation sites (tertiary alicyclic amines) is 1. The summed E-state index contributed by atoms with van der Waals surface area (Å²) in [6.45, 7) is 5.22. The number of aromatic amines is 1. The van der Waals surface area contributed by atoms with Crippen molar-refractivity contribution in [2.45, 2.75) is 32.2 Å². The number of nitrogens with one attached hydrogen (secondary N) is 1. The minimum atomic E-state index is 0.493. The molecule has 25 heavy (non-hydrogen) atoms. The highest BCUT2D eigenvalue weighted by Gasteiger charge is 2.25. The number of aryl methyl sites for hydroxylation is 2. The van der Waals surface area contributed by atoms with E-state index in [0.717, 1.165) is 25.5 Å². The van der Waals surface area contributed by atoms with Gasteiger partial charge in [-0.05, 0) is 31.9 Å². The van der Waals surface area contributed by atoms with Crippen LogP contribution in [0.1, 0.15) is 35.8 Å². The van der Waals surface area contributed by atoms with Gasteiger partial charge in [-0.3, -0.25) is 10.00 Å².